The summed E-state index contributed by atoms with van der Waals surface area (Å²) < 4.78 is 25.1. The Balaban J connectivity index is 0.000000856. The van der Waals surface area contributed by atoms with Gasteiger partial charge in [0.05, 0.1) is 19.8 Å². The van der Waals surface area contributed by atoms with E-state index in [0.29, 0.717) is 36.9 Å². The SMILES string of the molecule is C#Cc1cc(CCc2ccc(OCC(=O)OCC)cc2)cc(OCC(=O)OCC)c1.[CH2]CC(=O)OCC. The van der Waals surface area contributed by atoms with Crippen molar-refractivity contribution >= 4 is 17.9 Å². The second kappa shape index (κ2) is 18.3. The summed E-state index contributed by atoms with van der Waals surface area (Å²) >= 11 is 0. The molecule has 0 heterocycles. The van der Waals surface area contributed by atoms with Gasteiger partial charge >= 0.3 is 17.9 Å². The maximum absolute atomic E-state index is 11.5. The Morgan fingerprint density at radius 1 is 0.730 bits per heavy atom. The summed E-state index contributed by atoms with van der Waals surface area (Å²) in [6, 6.07) is 13.1. The highest BCUT2D eigenvalue weighted by molar-refractivity contribution is 5.71. The lowest BCUT2D eigenvalue weighted by Gasteiger charge is -2.10. The minimum Gasteiger partial charge on any atom is -0.482 e. The van der Waals surface area contributed by atoms with Gasteiger partial charge in [-0.2, -0.15) is 0 Å². The zero-order chi connectivity index (χ0) is 27.5. The minimum atomic E-state index is -0.421. The molecule has 0 bridgehead atoms. The standard InChI is InChI=1S/C24H26O6.C5H9O2/c1-4-18-13-20(15-22(14-18)30-17-24(26)28-6-3)8-7-19-9-11-21(12-10-19)29-16-23(25)27-5-2;1-3-5(6)7-4-2/h1,9-15H,5-8,16-17H2,2-3H3;1,3-4H2,2H3. The molecular formula is C29H35O8. The van der Waals surface area contributed by atoms with Crippen LogP contribution in [0.15, 0.2) is 42.5 Å². The number of rotatable bonds is 13. The number of carbonyl (C=O) groups is 3. The second-order valence-electron chi connectivity index (χ2n) is 7.40. The third-order valence-electron chi connectivity index (χ3n) is 4.59. The average Bonchev–Trinajstić information content (AvgIpc) is 2.91. The van der Waals surface area contributed by atoms with Crippen molar-refractivity contribution < 1.29 is 38.1 Å². The molecular weight excluding hydrogens is 476 g/mol. The van der Waals surface area contributed by atoms with Crippen molar-refractivity contribution in [3.8, 4) is 23.8 Å². The van der Waals surface area contributed by atoms with E-state index in [1.54, 1.807) is 26.8 Å². The van der Waals surface area contributed by atoms with Crippen LogP contribution in [-0.2, 0) is 41.4 Å². The van der Waals surface area contributed by atoms with E-state index >= 15 is 0 Å². The highest BCUT2D eigenvalue weighted by Gasteiger charge is 2.07. The fraction of sp³-hybridized carbons (Fsp3) is 0.379. The number of esters is 3. The van der Waals surface area contributed by atoms with E-state index in [2.05, 4.69) is 17.6 Å². The number of benzene rings is 2. The van der Waals surface area contributed by atoms with Crippen LogP contribution in [0.3, 0.4) is 0 Å². The van der Waals surface area contributed by atoms with Gasteiger partial charge < -0.3 is 23.7 Å². The Morgan fingerprint density at radius 3 is 1.73 bits per heavy atom. The Morgan fingerprint density at radius 2 is 1.24 bits per heavy atom. The quantitative estimate of drug-likeness (QED) is 0.225. The van der Waals surface area contributed by atoms with Gasteiger partial charge in [-0.25, -0.2) is 9.59 Å². The first-order valence-electron chi connectivity index (χ1n) is 12.1. The van der Waals surface area contributed by atoms with Crippen LogP contribution in [0.4, 0.5) is 0 Å². The van der Waals surface area contributed by atoms with Gasteiger partial charge in [0.2, 0.25) is 0 Å². The number of carbonyl (C=O) groups excluding carboxylic acids is 3. The first-order valence-corrected chi connectivity index (χ1v) is 12.1. The van der Waals surface area contributed by atoms with E-state index in [0.717, 1.165) is 24.0 Å². The van der Waals surface area contributed by atoms with Crippen LogP contribution in [0, 0.1) is 19.3 Å². The van der Waals surface area contributed by atoms with Crippen molar-refractivity contribution in [2.45, 2.75) is 40.0 Å². The largest absolute Gasteiger partial charge is 0.482 e. The molecule has 0 N–H and O–H groups in total. The molecule has 0 atom stereocenters. The number of ether oxygens (including phenoxy) is 5. The molecule has 0 saturated carbocycles. The Labute approximate surface area is 219 Å². The van der Waals surface area contributed by atoms with Crippen LogP contribution < -0.4 is 9.47 Å². The molecule has 0 spiro atoms. The summed E-state index contributed by atoms with van der Waals surface area (Å²) in [6.07, 6.45) is 7.30. The fourth-order valence-corrected chi connectivity index (χ4v) is 2.94. The molecule has 0 aromatic heterocycles. The van der Waals surface area contributed by atoms with Gasteiger partial charge in [0.25, 0.3) is 0 Å². The lowest BCUT2D eigenvalue weighted by atomic mass is 10.0. The molecule has 199 valence electrons. The van der Waals surface area contributed by atoms with E-state index in [9.17, 15) is 14.4 Å². The van der Waals surface area contributed by atoms with Crippen LogP contribution >= 0.6 is 0 Å². The van der Waals surface area contributed by atoms with Crippen molar-refractivity contribution in [1.29, 1.82) is 0 Å². The molecule has 0 aliphatic carbocycles. The van der Waals surface area contributed by atoms with Crippen LogP contribution in [0.5, 0.6) is 11.5 Å². The van der Waals surface area contributed by atoms with E-state index in [1.807, 2.05) is 36.4 Å². The van der Waals surface area contributed by atoms with Crippen LogP contribution in [-0.4, -0.2) is 50.9 Å². The Kier molecular flexibility index (Phi) is 15.4. The fourth-order valence-electron chi connectivity index (χ4n) is 2.94. The predicted molar refractivity (Wildman–Crippen MR) is 139 cm³/mol. The Hall–Kier alpha value is -3.99. The third-order valence-corrected chi connectivity index (χ3v) is 4.59. The number of hydrogen-bond donors (Lipinski definition) is 0. The summed E-state index contributed by atoms with van der Waals surface area (Å²) in [5.74, 6) is 2.71. The molecule has 2 rings (SSSR count). The van der Waals surface area contributed by atoms with Crippen molar-refractivity contribution in [1.82, 2.24) is 0 Å². The van der Waals surface area contributed by atoms with Gasteiger partial charge in [0, 0.05) is 12.0 Å². The lowest BCUT2D eigenvalue weighted by molar-refractivity contribution is -0.146. The summed E-state index contributed by atoms with van der Waals surface area (Å²) in [6.45, 7) is 9.42. The van der Waals surface area contributed by atoms with E-state index in [4.69, 9.17) is 25.4 Å². The molecule has 0 unspecified atom stereocenters. The summed E-state index contributed by atoms with van der Waals surface area (Å²) in [7, 11) is 0. The van der Waals surface area contributed by atoms with E-state index in [1.165, 1.54) is 0 Å². The summed E-state index contributed by atoms with van der Waals surface area (Å²) in [4.78, 5) is 33.0. The minimum absolute atomic E-state index is 0.110. The molecule has 0 saturated heterocycles. The van der Waals surface area contributed by atoms with Gasteiger partial charge in [-0.15, -0.1) is 6.42 Å². The van der Waals surface area contributed by atoms with Crippen LogP contribution in [0.25, 0.3) is 0 Å². The van der Waals surface area contributed by atoms with Crippen LogP contribution in [0.1, 0.15) is 43.9 Å². The van der Waals surface area contributed by atoms with Crippen molar-refractivity contribution in [2.75, 3.05) is 33.0 Å². The van der Waals surface area contributed by atoms with Gasteiger partial charge in [-0.3, -0.25) is 4.79 Å². The molecule has 0 fully saturated rings. The van der Waals surface area contributed by atoms with Gasteiger partial charge in [-0.1, -0.05) is 18.1 Å². The van der Waals surface area contributed by atoms with Crippen LogP contribution in [0.2, 0.25) is 0 Å². The summed E-state index contributed by atoms with van der Waals surface area (Å²) in [5, 5.41) is 0. The number of terminal acetylenes is 1. The molecule has 2 aromatic carbocycles. The predicted octanol–water partition coefficient (Wildman–Crippen LogP) is 4.11. The van der Waals surface area contributed by atoms with Crippen molar-refractivity contribution in [3.63, 3.8) is 0 Å². The van der Waals surface area contributed by atoms with E-state index < -0.39 is 11.9 Å². The lowest BCUT2D eigenvalue weighted by Crippen LogP contribution is -2.14. The maximum Gasteiger partial charge on any atom is 0.344 e. The summed E-state index contributed by atoms with van der Waals surface area (Å²) in [5.41, 5.74) is 2.81. The number of aryl methyl sites for hydroxylation is 2. The molecule has 0 aliphatic heterocycles. The second-order valence-corrected chi connectivity index (χ2v) is 7.40. The van der Waals surface area contributed by atoms with Gasteiger partial charge in [0.1, 0.15) is 11.5 Å². The smallest absolute Gasteiger partial charge is 0.344 e. The molecule has 2 aromatic rings. The topological polar surface area (TPSA) is 97.4 Å². The molecule has 8 nitrogen and oxygen atoms in total. The monoisotopic (exact) mass is 511 g/mol. The zero-order valence-corrected chi connectivity index (χ0v) is 21.7. The van der Waals surface area contributed by atoms with Gasteiger partial charge in [0.15, 0.2) is 13.2 Å². The first-order chi connectivity index (χ1) is 17.8. The van der Waals surface area contributed by atoms with E-state index in [-0.39, 0.29) is 25.6 Å². The van der Waals surface area contributed by atoms with Crippen molar-refractivity contribution in [2.24, 2.45) is 0 Å². The van der Waals surface area contributed by atoms with Crippen molar-refractivity contribution in [3.05, 3.63) is 66.1 Å². The van der Waals surface area contributed by atoms with Gasteiger partial charge in [-0.05, 0) is 82.0 Å². The number of hydrogen-bond acceptors (Lipinski definition) is 8. The highest BCUT2D eigenvalue weighted by atomic mass is 16.6. The third kappa shape index (κ3) is 13.6. The first kappa shape index (κ1) is 31.0. The Bertz CT molecular complexity index is 1020. The molecule has 0 amide bonds. The maximum atomic E-state index is 11.5. The molecule has 0 aliphatic rings. The normalized spacial score (nSPS) is 9.70. The molecule has 8 heteroatoms. The molecule has 1 radical (unpaired) electrons. The highest BCUT2D eigenvalue weighted by Crippen LogP contribution is 2.20. The zero-order valence-electron chi connectivity index (χ0n) is 21.7. The average molecular weight is 512 g/mol. The molecule has 37 heavy (non-hydrogen) atoms.